The first-order chi connectivity index (χ1) is 11.3. The van der Waals surface area contributed by atoms with Crippen molar-refractivity contribution in [3.8, 4) is 5.19 Å². The minimum absolute atomic E-state index is 0.321. The Balaban J connectivity index is 2.09. The highest BCUT2D eigenvalue weighted by atomic mass is 32.2. The van der Waals surface area contributed by atoms with Gasteiger partial charge in [0.1, 0.15) is 5.82 Å². The van der Waals surface area contributed by atoms with Crippen LogP contribution in [-0.2, 0) is 10.3 Å². The number of carbonyl (C=O) groups is 1. The second-order valence-corrected chi connectivity index (χ2v) is 6.38. The minimum Gasteiger partial charge on any atom is -0.427 e. The number of nitrogens with zero attached hydrogens (tertiary/aromatic N) is 3. The molecule has 0 spiro atoms. The molecule has 0 aliphatic rings. The first-order valence-corrected chi connectivity index (χ1v) is 8.21. The van der Waals surface area contributed by atoms with Crippen LogP contribution in [-0.4, -0.2) is 29.3 Å². The van der Waals surface area contributed by atoms with Gasteiger partial charge in [-0.3, -0.25) is 4.79 Å². The Kier molecular flexibility index (Phi) is 5.71. The Morgan fingerprint density at radius 1 is 1.29 bits per heavy atom. The van der Waals surface area contributed by atoms with E-state index in [4.69, 9.17) is 4.74 Å². The molecular formula is C14H14F4N3O2S+. The quantitative estimate of drug-likeness (QED) is 0.580. The number of alkyl halides is 3. The number of hydrogen-bond donors (Lipinski definition) is 0. The lowest BCUT2D eigenvalue weighted by atomic mass is 10.2. The van der Waals surface area contributed by atoms with Crippen molar-refractivity contribution in [1.82, 2.24) is 10.2 Å². The third kappa shape index (κ3) is 4.40. The molecule has 1 unspecified atom stereocenters. The van der Waals surface area contributed by atoms with Gasteiger partial charge in [-0.25, -0.2) is 4.39 Å². The summed E-state index contributed by atoms with van der Waals surface area (Å²) in [5.41, 5.74) is -3.47. The second-order valence-electron chi connectivity index (χ2n) is 4.68. The smallest absolute Gasteiger partial charge is 0.427 e. The number of aromatic nitrogens is 2. The molecule has 1 heterocycles. The molecule has 0 radical (unpaired) electrons. The molecule has 0 aliphatic carbocycles. The van der Waals surface area contributed by atoms with Crippen LogP contribution in [0.5, 0.6) is 5.19 Å². The van der Waals surface area contributed by atoms with E-state index in [2.05, 4.69) is 10.2 Å². The molecule has 1 aromatic heterocycles. The van der Waals surface area contributed by atoms with Gasteiger partial charge in [0, 0.05) is 12.2 Å². The molecule has 0 N–H and O–H groups in total. The van der Waals surface area contributed by atoms with Gasteiger partial charge in [-0.05, 0) is 30.7 Å². The minimum atomic E-state index is -4.55. The number of hydrogen-bond acceptors (Lipinski definition) is 4. The largest absolute Gasteiger partial charge is 0.606 e. The van der Waals surface area contributed by atoms with Crippen molar-refractivity contribution in [3.05, 3.63) is 35.6 Å². The van der Waals surface area contributed by atoms with Crippen LogP contribution < -0.4 is 9.64 Å². The van der Waals surface area contributed by atoms with Crippen molar-refractivity contribution in [1.29, 1.82) is 0 Å². The molecule has 5 nitrogen and oxygen atoms in total. The normalized spacial score (nSPS) is 12.1. The lowest BCUT2D eigenvalue weighted by Gasteiger charge is -2.21. The Morgan fingerprint density at radius 2 is 1.96 bits per heavy atom. The molecule has 2 rings (SSSR count). The number of anilines is 1. The van der Waals surface area contributed by atoms with Crippen molar-refractivity contribution in [2.24, 2.45) is 0 Å². The number of amides is 1. The fraction of sp³-hybridized carbons (Fsp3) is 0.357. The summed E-state index contributed by atoms with van der Waals surface area (Å²) in [6, 6.07) is 5.23. The topological polar surface area (TPSA) is 55.3 Å². The molecule has 0 fully saturated rings. The summed E-state index contributed by atoms with van der Waals surface area (Å²) in [6.45, 7) is 1.54. The predicted molar refractivity (Wildman–Crippen MR) is 80.3 cm³/mol. The number of ether oxygens (including phenoxy) is 1. The first-order valence-electron chi connectivity index (χ1n) is 6.92. The summed E-state index contributed by atoms with van der Waals surface area (Å²) in [4.78, 5) is 13.6. The average Bonchev–Trinajstić information content (AvgIpc) is 3.00. The Hall–Kier alpha value is -2.23. The highest BCUT2D eigenvalue weighted by Gasteiger charge is 2.49. The summed E-state index contributed by atoms with van der Waals surface area (Å²) in [5.74, 6) is -1.01. The third-order valence-corrected chi connectivity index (χ3v) is 4.31. The van der Waals surface area contributed by atoms with Crippen LogP contribution in [0.4, 0.5) is 23.2 Å². The first kappa shape index (κ1) is 18.1. The molecule has 0 saturated carbocycles. The number of rotatable bonds is 6. The van der Waals surface area contributed by atoms with Crippen LogP contribution in [0.3, 0.4) is 0 Å². The Bertz CT molecular complexity index is 688. The van der Waals surface area contributed by atoms with Gasteiger partial charge in [0.15, 0.2) is 17.1 Å². The zero-order valence-corrected chi connectivity index (χ0v) is 13.4. The van der Waals surface area contributed by atoms with Crippen LogP contribution in [0.1, 0.15) is 13.3 Å². The van der Waals surface area contributed by atoms with E-state index in [1.807, 2.05) is 6.92 Å². The number of benzene rings is 1. The van der Waals surface area contributed by atoms with Gasteiger partial charge in [0.2, 0.25) is 0 Å². The van der Waals surface area contributed by atoms with E-state index in [-0.39, 0.29) is 0 Å². The average molecular weight is 364 g/mol. The summed E-state index contributed by atoms with van der Waals surface area (Å²) in [5, 5.41) is 5.85. The third-order valence-electron chi connectivity index (χ3n) is 2.94. The predicted octanol–water partition coefficient (Wildman–Crippen LogP) is 3.66. The second kappa shape index (κ2) is 7.56. The van der Waals surface area contributed by atoms with Gasteiger partial charge in [-0.1, -0.05) is 17.1 Å². The van der Waals surface area contributed by atoms with Crippen molar-refractivity contribution >= 4 is 22.1 Å². The van der Waals surface area contributed by atoms with E-state index in [1.165, 1.54) is 29.2 Å². The van der Waals surface area contributed by atoms with Crippen LogP contribution in [0.15, 0.2) is 29.8 Å². The molecule has 1 atom stereocenters. The summed E-state index contributed by atoms with van der Waals surface area (Å²) < 4.78 is 56.1. The van der Waals surface area contributed by atoms with Gasteiger partial charge in [0.25, 0.3) is 11.4 Å². The SMILES string of the molecule is CCCN(C(=O)COc1nnc[s+]1C(F)(F)F)c1ccc(F)cc1. The highest BCUT2D eigenvalue weighted by Crippen LogP contribution is 2.46. The van der Waals surface area contributed by atoms with Gasteiger partial charge in [0.05, 0.1) is 0 Å². The van der Waals surface area contributed by atoms with E-state index in [1.54, 1.807) is 0 Å². The van der Waals surface area contributed by atoms with E-state index in [0.717, 1.165) is 0 Å². The lowest BCUT2D eigenvalue weighted by molar-refractivity contribution is -0.120. The van der Waals surface area contributed by atoms with E-state index in [0.29, 0.717) is 24.2 Å². The molecule has 1 amide bonds. The van der Waals surface area contributed by atoms with E-state index in [9.17, 15) is 22.4 Å². The maximum atomic E-state index is 13.0. The molecule has 10 heteroatoms. The lowest BCUT2D eigenvalue weighted by Crippen LogP contribution is -2.35. The summed E-state index contributed by atoms with van der Waals surface area (Å²) >= 11 is 0. The molecule has 0 bridgehead atoms. The fourth-order valence-electron chi connectivity index (χ4n) is 1.90. The molecule has 130 valence electrons. The van der Waals surface area contributed by atoms with Crippen molar-refractivity contribution < 1.29 is 27.1 Å². The van der Waals surface area contributed by atoms with Gasteiger partial charge < -0.3 is 9.64 Å². The van der Waals surface area contributed by atoms with Crippen LogP contribution in [0.2, 0.25) is 0 Å². The molecular weight excluding hydrogens is 350 g/mol. The Morgan fingerprint density at radius 3 is 2.54 bits per heavy atom. The maximum Gasteiger partial charge on any atom is 0.606 e. The fourth-order valence-corrected chi connectivity index (χ4v) is 2.77. The Labute approximate surface area is 137 Å². The standard InChI is InChI=1S/C14H14F4N3O2S/c1-2-7-21(11-5-3-10(15)4-6-11)12(22)8-23-13-20-19-9-24(13)14(16,17)18/h3-6,9H,2,7-8H2,1H3/q+1. The monoisotopic (exact) mass is 364 g/mol. The number of halogens is 4. The van der Waals surface area contributed by atoms with Crippen molar-refractivity contribution in [2.45, 2.75) is 18.9 Å². The number of carbonyl (C=O) groups excluding carboxylic acids is 1. The summed E-state index contributed by atoms with van der Waals surface area (Å²) in [6.07, 6.45) is 0.611. The highest BCUT2D eigenvalue weighted by molar-refractivity contribution is 7.31. The molecule has 0 saturated heterocycles. The zero-order valence-electron chi connectivity index (χ0n) is 12.6. The summed E-state index contributed by atoms with van der Waals surface area (Å²) in [7, 11) is -2.35. The van der Waals surface area contributed by atoms with Crippen LogP contribution in [0, 0.1) is 5.82 Å². The van der Waals surface area contributed by atoms with Crippen LogP contribution in [0.25, 0.3) is 0 Å². The van der Waals surface area contributed by atoms with Crippen molar-refractivity contribution in [3.63, 3.8) is 0 Å². The zero-order chi connectivity index (χ0) is 17.7. The van der Waals surface area contributed by atoms with Gasteiger partial charge in [-0.15, -0.1) is 13.2 Å². The molecule has 1 aromatic carbocycles. The maximum absolute atomic E-state index is 13.0. The van der Waals surface area contributed by atoms with Crippen molar-refractivity contribution in [2.75, 3.05) is 18.1 Å². The van der Waals surface area contributed by atoms with Gasteiger partial charge >= 0.3 is 10.7 Å². The van der Waals surface area contributed by atoms with Gasteiger partial charge in [-0.2, -0.15) is 0 Å². The van der Waals surface area contributed by atoms with Crippen LogP contribution >= 0.6 is 10.5 Å². The van der Waals surface area contributed by atoms with E-state index < -0.39 is 39.5 Å². The van der Waals surface area contributed by atoms with E-state index >= 15 is 0 Å². The molecule has 0 aliphatic heterocycles. The molecule has 24 heavy (non-hydrogen) atoms. The molecule has 2 aromatic rings.